The minimum absolute atomic E-state index is 0.135. The molecule has 1 heterocycles. The molecule has 0 radical (unpaired) electrons. The lowest BCUT2D eigenvalue weighted by Crippen LogP contribution is -2.40. The van der Waals surface area contributed by atoms with Gasteiger partial charge in [-0.2, -0.15) is 0 Å². The van der Waals surface area contributed by atoms with Crippen molar-refractivity contribution in [1.82, 2.24) is 4.90 Å². The van der Waals surface area contributed by atoms with Crippen LogP contribution in [0.5, 0.6) is 0 Å². The standard InChI is InChI=1S/C14H27NO2.C2H6/c1-11(2)14(16)15-8-5-13(6-9-15)7-10-17-12(3)4;1-2/h11-13H,5-10H2,1-4H3;1-2H3. The molecule has 0 atom stereocenters. The van der Waals surface area contributed by atoms with Crippen LogP contribution in [0.3, 0.4) is 0 Å². The number of rotatable bonds is 5. The molecule has 1 aliphatic rings. The number of piperidine rings is 1. The highest BCUT2D eigenvalue weighted by atomic mass is 16.5. The minimum Gasteiger partial charge on any atom is -0.379 e. The van der Waals surface area contributed by atoms with Crippen molar-refractivity contribution < 1.29 is 9.53 Å². The fourth-order valence-corrected chi connectivity index (χ4v) is 2.28. The fraction of sp³-hybridized carbons (Fsp3) is 0.938. The number of amides is 1. The van der Waals surface area contributed by atoms with Gasteiger partial charge < -0.3 is 9.64 Å². The van der Waals surface area contributed by atoms with Crippen molar-refractivity contribution >= 4 is 5.91 Å². The van der Waals surface area contributed by atoms with Crippen LogP contribution in [0.1, 0.15) is 60.8 Å². The first-order valence-corrected chi connectivity index (χ1v) is 7.91. The van der Waals surface area contributed by atoms with E-state index < -0.39 is 0 Å². The maximum atomic E-state index is 11.8. The van der Waals surface area contributed by atoms with Crippen LogP contribution in [0.2, 0.25) is 0 Å². The van der Waals surface area contributed by atoms with Gasteiger partial charge in [-0.3, -0.25) is 4.79 Å². The van der Waals surface area contributed by atoms with Gasteiger partial charge in [0.05, 0.1) is 6.10 Å². The quantitative estimate of drug-likeness (QED) is 0.762. The molecule has 3 heteroatoms. The number of nitrogens with zero attached hydrogens (tertiary/aromatic N) is 1. The lowest BCUT2D eigenvalue weighted by atomic mass is 9.93. The number of ether oxygens (including phenoxy) is 1. The van der Waals surface area contributed by atoms with E-state index in [1.807, 2.05) is 32.6 Å². The maximum Gasteiger partial charge on any atom is 0.225 e. The van der Waals surface area contributed by atoms with Crippen molar-refractivity contribution in [2.75, 3.05) is 19.7 Å². The summed E-state index contributed by atoms with van der Waals surface area (Å²) >= 11 is 0. The number of hydrogen-bond acceptors (Lipinski definition) is 2. The third kappa shape index (κ3) is 7.56. The average Bonchev–Trinajstić information content (AvgIpc) is 2.40. The summed E-state index contributed by atoms with van der Waals surface area (Å²) in [5.74, 6) is 1.18. The summed E-state index contributed by atoms with van der Waals surface area (Å²) in [6, 6.07) is 0. The van der Waals surface area contributed by atoms with Crippen LogP contribution in [-0.4, -0.2) is 36.6 Å². The molecule has 1 fully saturated rings. The van der Waals surface area contributed by atoms with Crippen molar-refractivity contribution in [1.29, 1.82) is 0 Å². The molecule has 0 spiro atoms. The highest BCUT2D eigenvalue weighted by molar-refractivity contribution is 5.78. The zero-order chi connectivity index (χ0) is 14.8. The summed E-state index contributed by atoms with van der Waals surface area (Å²) in [6.45, 7) is 14.8. The Hall–Kier alpha value is -0.570. The molecule has 19 heavy (non-hydrogen) atoms. The van der Waals surface area contributed by atoms with E-state index in [1.165, 1.54) is 0 Å². The van der Waals surface area contributed by atoms with Crippen molar-refractivity contribution in [3.05, 3.63) is 0 Å². The van der Waals surface area contributed by atoms with Gasteiger partial charge in [0.25, 0.3) is 0 Å². The Balaban J connectivity index is 0.00000154. The minimum atomic E-state index is 0.135. The number of carbonyl (C=O) groups excluding carboxylic acids is 1. The van der Waals surface area contributed by atoms with Crippen LogP contribution in [0, 0.1) is 11.8 Å². The fourth-order valence-electron chi connectivity index (χ4n) is 2.28. The first-order valence-electron chi connectivity index (χ1n) is 7.91. The molecule has 0 N–H and O–H groups in total. The SMILES string of the molecule is CC.CC(C)OCCC1CCN(C(=O)C(C)C)CC1. The summed E-state index contributed by atoms with van der Waals surface area (Å²) in [7, 11) is 0. The molecule has 0 aliphatic carbocycles. The third-order valence-electron chi connectivity index (χ3n) is 3.40. The molecule has 0 aromatic rings. The highest BCUT2D eigenvalue weighted by Crippen LogP contribution is 2.21. The van der Waals surface area contributed by atoms with Crippen LogP contribution in [0.4, 0.5) is 0 Å². The molecule has 1 rings (SSSR count). The lowest BCUT2D eigenvalue weighted by molar-refractivity contribution is -0.135. The van der Waals surface area contributed by atoms with Crippen LogP contribution in [-0.2, 0) is 9.53 Å². The second-order valence-electron chi connectivity index (χ2n) is 5.63. The van der Waals surface area contributed by atoms with Crippen LogP contribution in [0.25, 0.3) is 0 Å². The first kappa shape index (κ1) is 18.4. The Labute approximate surface area is 119 Å². The zero-order valence-electron chi connectivity index (χ0n) is 13.7. The van der Waals surface area contributed by atoms with Gasteiger partial charge in [-0.05, 0) is 39.0 Å². The van der Waals surface area contributed by atoms with Crippen molar-refractivity contribution in [3.63, 3.8) is 0 Å². The third-order valence-corrected chi connectivity index (χ3v) is 3.40. The Bertz CT molecular complexity index is 231. The van der Waals surface area contributed by atoms with E-state index in [2.05, 4.69) is 13.8 Å². The highest BCUT2D eigenvalue weighted by Gasteiger charge is 2.23. The molecule has 1 saturated heterocycles. The second-order valence-corrected chi connectivity index (χ2v) is 5.63. The van der Waals surface area contributed by atoms with Crippen LogP contribution < -0.4 is 0 Å². The Morgan fingerprint density at radius 2 is 1.68 bits per heavy atom. The molecule has 0 aromatic heterocycles. The lowest BCUT2D eigenvalue weighted by Gasteiger charge is -2.33. The number of hydrogen-bond donors (Lipinski definition) is 0. The zero-order valence-corrected chi connectivity index (χ0v) is 13.7. The van der Waals surface area contributed by atoms with E-state index in [1.54, 1.807) is 0 Å². The van der Waals surface area contributed by atoms with E-state index in [4.69, 9.17) is 4.74 Å². The van der Waals surface area contributed by atoms with Crippen molar-refractivity contribution in [3.8, 4) is 0 Å². The Morgan fingerprint density at radius 1 is 1.16 bits per heavy atom. The summed E-state index contributed by atoms with van der Waals surface area (Å²) in [6.07, 6.45) is 3.75. The monoisotopic (exact) mass is 271 g/mol. The van der Waals surface area contributed by atoms with Gasteiger partial charge in [0.2, 0.25) is 5.91 Å². The molecule has 1 aliphatic heterocycles. The molecule has 0 unspecified atom stereocenters. The van der Waals surface area contributed by atoms with E-state index in [-0.39, 0.29) is 5.92 Å². The summed E-state index contributed by atoms with van der Waals surface area (Å²) < 4.78 is 5.58. The summed E-state index contributed by atoms with van der Waals surface area (Å²) in [5.41, 5.74) is 0. The van der Waals surface area contributed by atoms with Gasteiger partial charge in [0.15, 0.2) is 0 Å². The Morgan fingerprint density at radius 3 is 2.11 bits per heavy atom. The van der Waals surface area contributed by atoms with Gasteiger partial charge in [-0.15, -0.1) is 0 Å². The molecule has 3 nitrogen and oxygen atoms in total. The Kier molecular flexibility index (Phi) is 9.94. The van der Waals surface area contributed by atoms with E-state index in [0.717, 1.165) is 44.9 Å². The summed E-state index contributed by atoms with van der Waals surface area (Å²) in [4.78, 5) is 13.8. The molecule has 114 valence electrons. The largest absolute Gasteiger partial charge is 0.379 e. The molecule has 0 saturated carbocycles. The van der Waals surface area contributed by atoms with Gasteiger partial charge in [0.1, 0.15) is 0 Å². The van der Waals surface area contributed by atoms with Crippen LogP contribution >= 0.6 is 0 Å². The van der Waals surface area contributed by atoms with Gasteiger partial charge in [-0.25, -0.2) is 0 Å². The van der Waals surface area contributed by atoms with Gasteiger partial charge in [-0.1, -0.05) is 27.7 Å². The normalized spacial score (nSPS) is 16.5. The predicted molar refractivity (Wildman–Crippen MR) is 81.2 cm³/mol. The van der Waals surface area contributed by atoms with Gasteiger partial charge in [0, 0.05) is 25.6 Å². The molecular formula is C16H33NO2. The second kappa shape index (κ2) is 10.2. The first-order chi connectivity index (χ1) is 9.00. The van der Waals surface area contributed by atoms with Gasteiger partial charge >= 0.3 is 0 Å². The smallest absolute Gasteiger partial charge is 0.225 e. The maximum absolute atomic E-state index is 11.8. The topological polar surface area (TPSA) is 29.5 Å². The van der Waals surface area contributed by atoms with E-state index >= 15 is 0 Å². The van der Waals surface area contributed by atoms with Crippen molar-refractivity contribution in [2.24, 2.45) is 11.8 Å². The molecule has 1 amide bonds. The summed E-state index contributed by atoms with van der Waals surface area (Å²) in [5, 5.41) is 0. The molecule has 0 bridgehead atoms. The molecular weight excluding hydrogens is 238 g/mol. The molecule has 0 aromatic carbocycles. The van der Waals surface area contributed by atoms with E-state index in [0.29, 0.717) is 12.0 Å². The average molecular weight is 271 g/mol. The predicted octanol–water partition coefficient (Wildman–Crippen LogP) is 3.72. The van der Waals surface area contributed by atoms with Crippen molar-refractivity contribution in [2.45, 2.75) is 66.9 Å². The van der Waals surface area contributed by atoms with E-state index in [9.17, 15) is 4.79 Å². The number of carbonyl (C=O) groups is 1. The number of likely N-dealkylation sites (tertiary alicyclic amines) is 1. The van der Waals surface area contributed by atoms with Crippen LogP contribution in [0.15, 0.2) is 0 Å².